The quantitative estimate of drug-likeness (QED) is 0.694. The van der Waals surface area contributed by atoms with E-state index in [9.17, 15) is 4.79 Å². The summed E-state index contributed by atoms with van der Waals surface area (Å²) in [6, 6.07) is 0. The van der Waals surface area contributed by atoms with Crippen LogP contribution in [0.25, 0.3) is 0 Å². The second-order valence-corrected chi connectivity index (χ2v) is 6.24. The number of hydroxylamine groups is 2. The number of carbonyl (C=O) groups excluding carboxylic acids is 1. The number of carbonyl (C=O) groups is 1. The summed E-state index contributed by atoms with van der Waals surface area (Å²) >= 11 is 1.33. The molecule has 0 saturated carbocycles. The first-order chi connectivity index (χ1) is 6.92. The van der Waals surface area contributed by atoms with Gasteiger partial charge in [-0.1, -0.05) is 13.3 Å². The van der Waals surface area contributed by atoms with Gasteiger partial charge in [0.1, 0.15) is 0 Å². The zero-order valence-electron chi connectivity index (χ0n) is 9.87. The summed E-state index contributed by atoms with van der Waals surface area (Å²) < 4.78 is 5.41. The fourth-order valence-corrected chi connectivity index (χ4v) is 1.69. The molecule has 0 atom stereocenters. The van der Waals surface area contributed by atoms with Crippen molar-refractivity contribution in [3.8, 4) is 0 Å². The lowest BCUT2D eigenvalue weighted by molar-refractivity contribution is -0.144. The van der Waals surface area contributed by atoms with Crippen LogP contribution in [-0.4, -0.2) is 22.3 Å². The summed E-state index contributed by atoms with van der Waals surface area (Å²) in [5.74, 6) is -0.0322. The standard InChI is InChI=1S/C11H19NO2S/c1-5-6-9-7-10(13)12(8-9)14-15-11(2,3)4/h7H,5-6,8H2,1-4H3. The zero-order chi connectivity index (χ0) is 11.5. The lowest BCUT2D eigenvalue weighted by atomic mass is 10.2. The molecule has 86 valence electrons. The topological polar surface area (TPSA) is 29.5 Å². The third-order valence-electron chi connectivity index (χ3n) is 1.87. The SMILES string of the molecule is CCCC1=CC(=O)N(OSC(C)(C)C)C1. The summed E-state index contributed by atoms with van der Waals surface area (Å²) in [4.78, 5) is 11.5. The van der Waals surface area contributed by atoms with Crippen LogP contribution in [0.2, 0.25) is 0 Å². The van der Waals surface area contributed by atoms with Gasteiger partial charge in [0.15, 0.2) is 0 Å². The molecule has 0 aromatic carbocycles. The van der Waals surface area contributed by atoms with Crippen LogP contribution in [0.3, 0.4) is 0 Å². The summed E-state index contributed by atoms with van der Waals surface area (Å²) in [7, 11) is 0. The molecule has 0 unspecified atom stereocenters. The van der Waals surface area contributed by atoms with Crippen molar-refractivity contribution in [2.24, 2.45) is 0 Å². The van der Waals surface area contributed by atoms with Gasteiger partial charge in [0.2, 0.25) is 0 Å². The maximum Gasteiger partial charge on any atom is 0.271 e. The molecule has 1 heterocycles. The van der Waals surface area contributed by atoms with E-state index in [1.54, 1.807) is 6.08 Å². The Hall–Kier alpha value is -0.480. The smallest absolute Gasteiger partial charge is 0.267 e. The van der Waals surface area contributed by atoms with Crippen LogP contribution < -0.4 is 0 Å². The summed E-state index contributed by atoms with van der Waals surface area (Å²) in [5, 5.41) is 1.43. The minimum atomic E-state index is -0.0322. The normalized spacial score (nSPS) is 17.2. The van der Waals surface area contributed by atoms with Gasteiger partial charge in [-0.3, -0.25) is 4.79 Å². The van der Waals surface area contributed by atoms with Crippen LogP contribution >= 0.6 is 12.0 Å². The first kappa shape index (κ1) is 12.6. The lowest BCUT2D eigenvalue weighted by Crippen LogP contribution is -2.25. The van der Waals surface area contributed by atoms with Crippen LogP contribution in [0.5, 0.6) is 0 Å². The monoisotopic (exact) mass is 229 g/mol. The molecule has 3 nitrogen and oxygen atoms in total. The second-order valence-electron chi connectivity index (χ2n) is 4.70. The Morgan fingerprint density at radius 1 is 1.53 bits per heavy atom. The zero-order valence-corrected chi connectivity index (χ0v) is 10.7. The number of rotatable bonds is 4. The summed E-state index contributed by atoms with van der Waals surface area (Å²) in [6.45, 7) is 8.89. The number of amides is 1. The fourth-order valence-electron chi connectivity index (χ4n) is 1.25. The van der Waals surface area contributed by atoms with Crippen molar-refractivity contribution in [1.29, 1.82) is 0 Å². The van der Waals surface area contributed by atoms with E-state index in [0.29, 0.717) is 6.54 Å². The average Bonchev–Trinajstić information content (AvgIpc) is 2.42. The van der Waals surface area contributed by atoms with Gasteiger partial charge in [-0.2, -0.15) is 4.28 Å². The highest BCUT2D eigenvalue weighted by molar-refractivity contribution is 7.95. The van der Waals surface area contributed by atoms with E-state index < -0.39 is 0 Å². The van der Waals surface area contributed by atoms with Crippen molar-refractivity contribution in [2.45, 2.75) is 45.3 Å². The van der Waals surface area contributed by atoms with Crippen molar-refractivity contribution in [1.82, 2.24) is 5.06 Å². The Labute approximate surface area is 96.0 Å². The Morgan fingerprint density at radius 2 is 2.20 bits per heavy atom. The molecule has 1 rings (SSSR count). The van der Waals surface area contributed by atoms with Gasteiger partial charge in [0.25, 0.3) is 5.91 Å². The average molecular weight is 229 g/mol. The molecule has 1 aliphatic rings. The number of hydrogen-bond acceptors (Lipinski definition) is 3. The van der Waals surface area contributed by atoms with E-state index in [1.807, 2.05) is 0 Å². The van der Waals surface area contributed by atoms with Gasteiger partial charge < -0.3 is 0 Å². The van der Waals surface area contributed by atoms with E-state index in [2.05, 4.69) is 27.7 Å². The van der Waals surface area contributed by atoms with Crippen LogP contribution in [0.1, 0.15) is 40.5 Å². The Morgan fingerprint density at radius 3 is 2.73 bits per heavy atom. The highest BCUT2D eigenvalue weighted by atomic mass is 32.2. The minimum Gasteiger partial charge on any atom is -0.267 e. The predicted octanol–water partition coefficient (Wildman–Crippen LogP) is 2.93. The number of nitrogens with zero attached hydrogens (tertiary/aromatic N) is 1. The van der Waals surface area contributed by atoms with Crippen LogP contribution in [-0.2, 0) is 9.08 Å². The third kappa shape index (κ3) is 4.26. The highest BCUT2D eigenvalue weighted by Gasteiger charge is 2.24. The van der Waals surface area contributed by atoms with Gasteiger partial charge in [-0.15, -0.1) is 0 Å². The van der Waals surface area contributed by atoms with Gasteiger partial charge in [-0.05, 0) is 32.8 Å². The van der Waals surface area contributed by atoms with Crippen molar-refractivity contribution in [2.75, 3.05) is 6.54 Å². The Bertz CT molecular complexity index is 268. The molecule has 0 aliphatic carbocycles. The van der Waals surface area contributed by atoms with Gasteiger partial charge in [0.05, 0.1) is 6.54 Å². The highest BCUT2D eigenvalue weighted by Crippen LogP contribution is 2.27. The van der Waals surface area contributed by atoms with E-state index in [1.165, 1.54) is 17.1 Å². The molecule has 0 aromatic heterocycles. The maximum atomic E-state index is 11.5. The maximum absolute atomic E-state index is 11.5. The lowest BCUT2D eigenvalue weighted by Gasteiger charge is -2.21. The van der Waals surface area contributed by atoms with Crippen molar-refractivity contribution in [3.05, 3.63) is 11.6 Å². The molecule has 0 aromatic rings. The van der Waals surface area contributed by atoms with Crippen molar-refractivity contribution >= 4 is 17.9 Å². The molecule has 4 heteroatoms. The van der Waals surface area contributed by atoms with E-state index in [-0.39, 0.29) is 10.7 Å². The molecule has 0 N–H and O–H groups in total. The molecule has 0 saturated heterocycles. The van der Waals surface area contributed by atoms with Crippen LogP contribution in [0, 0.1) is 0 Å². The van der Waals surface area contributed by atoms with E-state index >= 15 is 0 Å². The van der Waals surface area contributed by atoms with E-state index in [0.717, 1.165) is 18.4 Å². The first-order valence-corrected chi connectivity index (χ1v) is 6.03. The van der Waals surface area contributed by atoms with Crippen LogP contribution in [0.4, 0.5) is 0 Å². The molecule has 1 amide bonds. The van der Waals surface area contributed by atoms with Gasteiger partial charge in [0, 0.05) is 22.9 Å². The first-order valence-electron chi connectivity index (χ1n) is 5.29. The van der Waals surface area contributed by atoms with E-state index in [4.69, 9.17) is 4.28 Å². The minimum absolute atomic E-state index is 0.00773. The number of hydrogen-bond donors (Lipinski definition) is 0. The fraction of sp³-hybridized carbons (Fsp3) is 0.727. The Kier molecular flexibility index (Phi) is 4.22. The molecule has 0 radical (unpaired) electrons. The third-order valence-corrected chi connectivity index (χ3v) is 2.62. The van der Waals surface area contributed by atoms with Crippen molar-refractivity contribution < 1.29 is 9.08 Å². The largest absolute Gasteiger partial charge is 0.271 e. The van der Waals surface area contributed by atoms with Crippen LogP contribution in [0.15, 0.2) is 11.6 Å². The van der Waals surface area contributed by atoms with Gasteiger partial charge in [-0.25, -0.2) is 5.06 Å². The molecular formula is C11H19NO2S. The molecule has 0 bridgehead atoms. The van der Waals surface area contributed by atoms with Crippen molar-refractivity contribution in [3.63, 3.8) is 0 Å². The molecule has 15 heavy (non-hydrogen) atoms. The molecule has 1 aliphatic heterocycles. The summed E-state index contributed by atoms with van der Waals surface area (Å²) in [5.41, 5.74) is 1.16. The molecule has 0 fully saturated rings. The molecule has 0 spiro atoms. The molecular weight excluding hydrogens is 210 g/mol. The Balaban J connectivity index is 2.39. The predicted molar refractivity (Wildman–Crippen MR) is 63.1 cm³/mol. The second kappa shape index (κ2) is 5.03. The summed E-state index contributed by atoms with van der Waals surface area (Å²) in [6.07, 6.45) is 3.73. The van der Waals surface area contributed by atoms with Gasteiger partial charge >= 0.3 is 0 Å².